The summed E-state index contributed by atoms with van der Waals surface area (Å²) in [5.41, 5.74) is 2.19. The van der Waals surface area contributed by atoms with Gasteiger partial charge < -0.3 is 4.74 Å². The Labute approximate surface area is 303 Å². The molecule has 0 aliphatic heterocycles. The predicted octanol–water partition coefficient (Wildman–Crippen LogP) is 14.5. The molecule has 0 unspecified atom stereocenters. The molecule has 4 nitrogen and oxygen atoms in total. The van der Waals surface area contributed by atoms with Gasteiger partial charge in [-0.1, -0.05) is 217 Å². The van der Waals surface area contributed by atoms with Crippen LogP contribution in [-0.4, -0.2) is 16.9 Å². The average molecular weight is 678 g/mol. The minimum atomic E-state index is -0.325. The third-order valence-electron chi connectivity index (χ3n) is 9.43. The molecule has 0 saturated carbocycles. The lowest BCUT2D eigenvalue weighted by atomic mass is 10.0. The van der Waals surface area contributed by atoms with Crippen molar-refractivity contribution in [3.8, 4) is 11.3 Å². The second-order valence-corrected chi connectivity index (χ2v) is 14.1. The maximum atomic E-state index is 11.9. The van der Waals surface area contributed by atoms with Gasteiger partial charge in [-0.15, -0.1) is 0 Å². The van der Waals surface area contributed by atoms with Gasteiger partial charge in [-0.2, -0.15) is 0 Å². The molecular weight excluding hydrogens is 602 g/mol. The van der Waals surface area contributed by atoms with Gasteiger partial charge in [0.15, 0.2) is 0 Å². The summed E-state index contributed by atoms with van der Waals surface area (Å²) in [6.07, 6.45) is 39.0. The molecule has 1 aromatic heterocycles. The standard InChI is InChI=1S/C34H66O3.C11H9N/c1-3-5-7-9-11-13-15-17-18-20-22-24-26-28-30-32-34(36)37-33(35)31-29-27-25-23-21-19-16-14-12-10-8-6-4-2;1-2-6-10(7-3-1)11-8-4-5-9-12-11/h3-32H2,1-2H3;1-9H. The van der Waals surface area contributed by atoms with E-state index in [2.05, 4.69) is 31.0 Å². The fraction of sp³-hybridized carbons (Fsp3) is 0.711. The Bertz CT molecular complexity index is 940. The molecule has 2 rings (SSSR count). The number of hydrogen-bond donors (Lipinski definition) is 0. The molecule has 0 N–H and O–H groups in total. The maximum absolute atomic E-state index is 11.9. The first-order valence-electron chi connectivity index (χ1n) is 20.9. The summed E-state index contributed by atoms with van der Waals surface area (Å²) in [6, 6.07) is 16.1. The number of rotatable bonds is 31. The number of esters is 2. The largest absolute Gasteiger partial charge is 0.393 e. The van der Waals surface area contributed by atoms with Crippen LogP contribution in [0.25, 0.3) is 11.3 Å². The molecule has 0 fully saturated rings. The Morgan fingerprint density at radius 3 is 1.08 bits per heavy atom. The number of carbonyl (C=O) groups excluding carboxylic acids is 2. The monoisotopic (exact) mass is 678 g/mol. The topological polar surface area (TPSA) is 56.3 Å². The van der Waals surface area contributed by atoms with Crippen molar-refractivity contribution in [2.45, 2.75) is 206 Å². The number of unbranched alkanes of at least 4 members (excludes halogenated alkanes) is 26. The van der Waals surface area contributed by atoms with E-state index in [0.29, 0.717) is 12.8 Å². The van der Waals surface area contributed by atoms with E-state index in [4.69, 9.17) is 4.74 Å². The van der Waals surface area contributed by atoms with Crippen molar-refractivity contribution in [2.24, 2.45) is 0 Å². The van der Waals surface area contributed by atoms with Gasteiger partial charge in [0.1, 0.15) is 0 Å². The number of benzene rings is 1. The highest BCUT2D eigenvalue weighted by atomic mass is 16.6. The highest BCUT2D eigenvalue weighted by Crippen LogP contribution is 2.16. The van der Waals surface area contributed by atoms with Gasteiger partial charge in [0.05, 0.1) is 5.69 Å². The molecule has 0 aliphatic carbocycles. The molecule has 0 atom stereocenters. The predicted molar refractivity (Wildman–Crippen MR) is 211 cm³/mol. The van der Waals surface area contributed by atoms with Gasteiger partial charge in [-0.3, -0.25) is 14.6 Å². The van der Waals surface area contributed by atoms with E-state index >= 15 is 0 Å². The van der Waals surface area contributed by atoms with Crippen LogP contribution in [0.15, 0.2) is 54.7 Å². The zero-order valence-electron chi connectivity index (χ0n) is 32.1. The number of ether oxygens (including phenoxy) is 1. The van der Waals surface area contributed by atoms with Gasteiger partial charge >= 0.3 is 11.9 Å². The average Bonchev–Trinajstić information content (AvgIpc) is 3.13. The molecule has 0 saturated heterocycles. The minimum Gasteiger partial charge on any atom is -0.393 e. The first-order chi connectivity index (χ1) is 24.2. The second kappa shape index (κ2) is 35.3. The number of nitrogens with zero attached hydrogens (tertiary/aromatic N) is 1. The Balaban J connectivity index is 0.000000821. The Morgan fingerprint density at radius 1 is 0.429 bits per heavy atom. The third kappa shape index (κ3) is 30.1. The summed E-state index contributed by atoms with van der Waals surface area (Å²) in [5.74, 6) is -0.650. The fourth-order valence-corrected chi connectivity index (χ4v) is 6.30. The number of carbonyl (C=O) groups is 2. The van der Waals surface area contributed by atoms with Crippen molar-refractivity contribution in [1.82, 2.24) is 4.98 Å². The number of aromatic nitrogens is 1. The van der Waals surface area contributed by atoms with Crippen molar-refractivity contribution in [2.75, 3.05) is 0 Å². The molecule has 0 amide bonds. The summed E-state index contributed by atoms with van der Waals surface area (Å²) in [6.45, 7) is 4.55. The van der Waals surface area contributed by atoms with E-state index in [9.17, 15) is 9.59 Å². The molecule has 2 aromatic rings. The lowest BCUT2D eigenvalue weighted by Crippen LogP contribution is -2.11. The third-order valence-corrected chi connectivity index (χ3v) is 9.43. The van der Waals surface area contributed by atoms with Crippen LogP contribution in [0.5, 0.6) is 0 Å². The van der Waals surface area contributed by atoms with Crippen LogP contribution in [0.1, 0.15) is 206 Å². The van der Waals surface area contributed by atoms with E-state index < -0.39 is 0 Å². The van der Waals surface area contributed by atoms with Gasteiger partial charge in [0.2, 0.25) is 0 Å². The molecule has 0 aliphatic rings. The van der Waals surface area contributed by atoms with Crippen LogP contribution in [0.2, 0.25) is 0 Å². The lowest BCUT2D eigenvalue weighted by Gasteiger charge is -2.05. The van der Waals surface area contributed by atoms with E-state index in [-0.39, 0.29) is 11.9 Å². The summed E-state index contributed by atoms with van der Waals surface area (Å²) in [4.78, 5) is 28.0. The quantitative estimate of drug-likeness (QED) is 0.0453. The first kappa shape index (κ1) is 44.5. The van der Waals surface area contributed by atoms with E-state index in [1.54, 1.807) is 0 Å². The first-order valence-corrected chi connectivity index (χ1v) is 20.9. The minimum absolute atomic E-state index is 0.325. The Morgan fingerprint density at radius 2 is 0.755 bits per heavy atom. The highest BCUT2D eigenvalue weighted by molar-refractivity contribution is 5.85. The normalized spacial score (nSPS) is 10.8. The highest BCUT2D eigenvalue weighted by Gasteiger charge is 2.10. The molecule has 0 radical (unpaired) electrons. The van der Waals surface area contributed by atoms with Crippen molar-refractivity contribution in [3.05, 3.63) is 54.7 Å². The molecule has 1 heterocycles. The summed E-state index contributed by atoms with van der Waals surface area (Å²) in [5, 5.41) is 0. The number of hydrogen-bond acceptors (Lipinski definition) is 4. The van der Waals surface area contributed by atoms with Crippen molar-refractivity contribution < 1.29 is 14.3 Å². The molecule has 0 bridgehead atoms. The van der Waals surface area contributed by atoms with Gasteiger partial charge in [0, 0.05) is 24.6 Å². The van der Waals surface area contributed by atoms with Crippen molar-refractivity contribution in [1.29, 1.82) is 0 Å². The molecule has 0 spiro atoms. The van der Waals surface area contributed by atoms with E-state index in [1.807, 2.05) is 42.6 Å². The second-order valence-electron chi connectivity index (χ2n) is 14.1. The molecule has 4 heteroatoms. The number of pyridine rings is 1. The summed E-state index contributed by atoms with van der Waals surface area (Å²) in [7, 11) is 0. The van der Waals surface area contributed by atoms with Gasteiger partial charge in [-0.25, -0.2) is 0 Å². The van der Waals surface area contributed by atoms with Crippen LogP contribution in [0, 0.1) is 0 Å². The smallest absolute Gasteiger partial charge is 0.313 e. The van der Waals surface area contributed by atoms with Crippen LogP contribution < -0.4 is 0 Å². The zero-order chi connectivity index (χ0) is 35.3. The Hall–Kier alpha value is -2.49. The molecule has 278 valence electrons. The van der Waals surface area contributed by atoms with Gasteiger partial charge in [0.25, 0.3) is 0 Å². The summed E-state index contributed by atoms with van der Waals surface area (Å²) < 4.78 is 5.00. The zero-order valence-corrected chi connectivity index (χ0v) is 32.1. The fourth-order valence-electron chi connectivity index (χ4n) is 6.30. The van der Waals surface area contributed by atoms with Gasteiger partial charge in [-0.05, 0) is 25.0 Å². The molecular formula is C45H75NO3. The Kier molecular flexibility index (Phi) is 32.1. The van der Waals surface area contributed by atoms with Crippen LogP contribution in [0.3, 0.4) is 0 Å². The maximum Gasteiger partial charge on any atom is 0.313 e. The molecule has 1 aromatic carbocycles. The SMILES string of the molecule is CCCCCCCCCCCCCCCCCC(=O)OC(=O)CCCCCCCCCCCCCCC.c1ccc(-c2ccccn2)cc1. The van der Waals surface area contributed by atoms with Crippen LogP contribution in [-0.2, 0) is 14.3 Å². The lowest BCUT2D eigenvalue weighted by molar-refractivity contribution is -0.159. The van der Waals surface area contributed by atoms with Crippen LogP contribution in [0.4, 0.5) is 0 Å². The molecule has 49 heavy (non-hydrogen) atoms. The van der Waals surface area contributed by atoms with E-state index in [0.717, 1.165) is 36.9 Å². The van der Waals surface area contributed by atoms with Crippen molar-refractivity contribution >= 4 is 11.9 Å². The summed E-state index contributed by atoms with van der Waals surface area (Å²) >= 11 is 0. The van der Waals surface area contributed by atoms with E-state index in [1.165, 1.54) is 154 Å². The van der Waals surface area contributed by atoms with Crippen molar-refractivity contribution in [3.63, 3.8) is 0 Å². The van der Waals surface area contributed by atoms with Crippen LogP contribution >= 0.6 is 0 Å².